The van der Waals surface area contributed by atoms with E-state index < -0.39 is 0 Å². The van der Waals surface area contributed by atoms with Crippen LogP contribution in [0, 0.1) is 6.92 Å². The highest BCUT2D eigenvalue weighted by atomic mass is 32.2. The summed E-state index contributed by atoms with van der Waals surface area (Å²) in [6.45, 7) is 12.7. The van der Waals surface area contributed by atoms with Gasteiger partial charge in [-0.25, -0.2) is 4.79 Å². The maximum absolute atomic E-state index is 13.6. The number of anilines is 2. The second-order valence-electron chi connectivity index (χ2n) is 12.8. The quantitative estimate of drug-likeness (QED) is 0.112. The molecule has 1 aliphatic heterocycles. The van der Waals surface area contributed by atoms with E-state index >= 15 is 0 Å². The van der Waals surface area contributed by atoms with E-state index in [4.69, 9.17) is 18.9 Å². The molecule has 7 nitrogen and oxygen atoms in total. The Morgan fingerprint density at radius 2 is 0.855 bits per heavy atom. The zero-order chi connectivity index (χ0) is 38.6. The van der Waals surface area contributed by atoms with Gasteiger partial charge in [0, 0.05) is 5.69 Å². The largest absolute Gasteiger partial charge is 0.491 e. The first-order chi connectivity index (χ1) is 26.9. The lowest BCUT2D eigenvalue weighted by Gasteiger charge is -2.23. The van der Waals surface area contributed by atoms with E-state index in [1.165, 1.54) is 11.8 Å². The predicted octanol–water partition coefficient (Wildman–Crippen LogP) is 13.7. The smallest absolute Gasteiger partial charge is 0.323 e. The number of hydrogen-bond donors (Lipinski definition) is 2. The Morgan fingerprint density at radius 3 is 1.27 bits per heavy atom. The molecule has 11 heteroatoms. The van der Waals surface area contributed by atoms with Gasteiger partial charge in [-0.3, -0.25) is 0 Å². The molecule has 0 fully saturated rings. The first-order valence-electron chi connectivity index (χ1n) is 18.9. The van der Waals surface area contributed by atoms with Crippen LogP contribution < -0.4 is 29.6 Å². The Morgan fingerprint density at radius 1 is 0.473 bits per heavy atom. The summed E-state index contributed by atoms with van der Waals surface area (Å²) in [6, 6.07) is 30.2. The van der Waals surface area contributed by atoms with Crippen LogP contribution in [0.1, 0.15) is 58.9 Å². The van der Waals surface area contributed by atoms with Crippen molar-refractivity contribution in [2.75, 3.05) is 37.1 Å². The van der Waals surface area contributed by atoms with E-state index in [1.54, 1.807) is 35.3 Å². The van der Waals surface area contributed by atoms with E-state index in [-0.39, 0.29) is 6.03 Å². The van der Waals surface area contributed by atoms with Crippen molar-refractivity contribution in [2.24, 2.45) is 0 Å². The molecule has 0 atom stereocenters. The third-order valence-electron chi connectivity index (χ3n) is 8.14. The summed E-state index contributed by atoms with van der Waals surface area (Å²) in [7, 11) is 0. The number of carbonyl (C=O) groups is 1. The first kappa shape index (κ1) is 40.6. The van der Waals surface area contributed by atoms with Gasteiger partial charge in [-0.15, -0.1) is 0 Å². The standard InChI is InChI=1S/C44H48N2O5S4/c1-6-25-48-39-32-13-10-14-33(39)53-36-17-12-18-37(41(36)50-27-8-3)55-43-31(46-44(47)45-30-21-19-29(5)20-22-30)23-24-38(42(43)51-28-9-4)54-35-16-11-15-34(52-32)40(35)49-26-7-2/h10-24H,6-9,25-28H2,1-5H3,(H2,45,46,47). The topological polar surface area (TPSA) is 78.1 Å². The van der Waals surface area contributed by atoms with Gasteiger partial charge in [0.05, 0.1) is 71.3 Å². The lowest BCUT2D eigenvalue weighted by Crippen LogP contribution is -2.20. The number of carbonyl (C=O) groups excluding carboxylic acids is 1. The fraction of sp³-hybridized carbons (Fsp3) is 0.295. The molecule has 0 aromatic heterocycles. The van der Waals surface area contributed by atoms with Crippen molar-refractivity contribution >= 4 is 64.5 Å². The third-order valence-corrected chi connectivity index (χ3v) is 12.5. The third kappa shape index (κ3) is 10.4. The van der Waals surface area contributed by atoms with Gasteiger partial charge in [0.1, 0.15) is 23.0 Å². The second kappa shape index (κ2) is 20.2. The van der Waals surface area contributed by atoms with Crippen LogP contribution in [0.15, 0.2) is 130 Å². The number of aryl methyl sites for hydroxylation is 1. The zero-order valence-electron chi connectivity index (χ0n) is 32.0. The Kier molecular flexibility index (Phi) is 14.9. The fourth-order valence-electron chi connectivity index (χ4n) is 5.56. The summed E-state index contributed by atoms with van der Waals surface area (Å²) in [5, 5.41) is 6.15. The molecule has 0 saturated heterocycles. The molecule has 1 heterocycles. The van der Waals surface area contributed by atoms with Gasteiger partial charge >= 0.3 is 6.03 Å². The molecule has 0 radical (unpaired) electrons. The molecule has 6 rings (SSSR count). The second-order valence-corrected chi connectivity index (χ2v) is 17.1. The van der Waals surface area contributed by atoms with Crippen LogP contribution in [0.3, 0.4) is 0 Å². The molecule has 2 amide bonds. The van der Waals surface area contributed by atoms with Crippen LogP contribution in [-0.4, -0.2) is 32.5 Å². The highest BCUT2D eigenvalue weighted by Gasteiger charge is 2.25. The molecule has 55 heavy (non-hydrogen) atoms. The molecule has 288 valence electrons. The van der Waals surface area contributed by atoms with Gasteiger partial charge in [-0.1, -0.05) is 111 Å². The van der Waals surface area contributed by atoms with Crippen LogP contribution in [0.5, 0.6) is 23.0 Å². The minimum Gasteiger partial charge on any atom is -0.491 e. The average molecular weight is 813 g/mol. The van der Waals surface area contributed by atoms with Crippen molar-refractivity contribution < 1.29 is 23.7 Å². The Labute approximate surface area is 342 Å². The normalized spacial score (nSPS) is 12.1. The summed E-state index contributed by atoms with van der Waals surface area (Å²) < 4.78 is 26.4. The van der Waals surface area contributed by atoms with Crippen LogP contribution in [-0.2, 0) is 0 Å². The lowest BCUT2D eigenvalue weighted by atomic mass is 10.2. The van der Waals surface area contributed by atoms with E-state index in [0.29, 0.717) is 43.6 Å². The lowest BCUT2D eigenvalue weighted by molar-refractivity contribution is 0.262. The number of amides is 2. The fourth-order valence-corrected chi connectivity index (χ4v) is 10.1. The predicted molar refractivity (Wildman–Crippen MR) is 229 cm³/mol. The summed E-state index contributed by atoms with van der Waals surface area (Å²) in [4.78, 5) is 21.2. The summed E-state index contributed by atoms with van der Waals surface area (Å²) in [5.41, 5.74) is 2.45. The molecule has 0 unspecified atom stereocenters. The van der Waals surface area contributed by atoms with Crippen molar-refractivity contribution in [1.82, 2.24) is 0 Å². The van der Waals surface area contributed by atoms with Gasteiger partial charge in [0.2, 0.25) is 0 Å². The van der Waals surface area contributed by atoms with Crippen molar-refractivity contribution in [3.05, 3.63) is 96.6 Å². The maximum atomic E-state index is 13.6. The number of urea groups is 1. The van der Waals surface area contributed by atoms with Crippen molar-refractivity contribution in [2.45, 2.75) is 99.5 Å². The number of ether oxygens (including phenoxy) is 4. The van der Waals surface area contributed by atoms with Gasteiger partial charge in [-0.05, 0) is 93.3 Å². The van der Waals surface area contributed by atoms with E-state index in [1.807, 2.05) is 43.3 Å². The Bertz CT molecular complexity index is 2070. The zero-order valence-corrected chi connectivity index (χ0v) is 35.3. The molecule has 0 aliphatic carbocycles. The first-order valence-corrected chi connectivity index (χ1v) is 22.1. The van der Waals surface area contributed by atoms with Crippen LogP contribution >= 0.6 is 47.0 Å². The molecule has 1 aliphatic rings. The molecular formula is C44H48N2O5S4. The van der Waals surface area contributed by atoms with Crippen LogP contribution in [0.4, 0.5) is 16.2 Å². The van der Waals surface area contributed by atoms with Gasteiger partial charge in [-0.2, -0.15) is 0 Å². The number of rotatable bonds is 14. The molecule has 0 spiro atoms. The molecule has 5 aromatic rings. The monoisotopic (exact) mass is 812 g/mol. The number of nitrogens with one attached hydrogen (secondary N) is 2. The molecule has 8 bridgehead atoms. The van der Waals surface area contributed by atoms with Crippen LogP contribution in [0.25, 0.3) is 0 Å². The number of fused-ring (bicyclic) bond motifs is 8. The minimum absolute atomic E-state index is 0.346. The Balaban J connectivity index is 1.56. The number of para-hydroxylation sites is 3. The average Bonchev–Trinajstić information content (AvgIpc) is 3.18. The van der Waals surface area contributed by atoms with Crippen molar-refractivity contribution in [3.8, 4) is 23.0 Å². The Hall–Kier alpha value is -4.03. The van der Waals surface area contributed by atoms with Crippen molar-refractivity contribution in [1.29, 1.82) is 0 Å². The number of hydrogen-bond acceptors (Lipinski definition) is 9. The molecule has 2 N–H and O–H groups in total. The number of benzene rings is 5. The van der Waals surface area contributed by atoms with E-state index in [0.717, 1.165) is 87.7 Å². The SMILES string of the molecule is CCCOc1c2cccc1Sc1cccc(c1OCCC)Sc1c(NC(=O)Nc3ccc(C)cc3)ccc(c1OCCC)Sc1cccc(c1OCCC)S2. The highest BCUT2D eigenvalue weighted by molar-refractivity contribution is 8.01. The summed E-state index contributed by atoms with van der Waals surface area (Å²) in [6.07, 6.45) is 3.42. The summed E-state index contributed by atoms with van der Waals surface area (Å²) >= 11 is 6.43. The van der Waals surface area contributed by atoms with Gasteiger partial charge in [0.15, 0.2) is 0 Å². The molecular weight excluding hydrogens is 765 g/mol. The van der Waals surface area contributed by atoms with Gasteiger partial charge in [0.25, 0.3) is 0 Å². The van der Waals surface area contributed by atoms with Crippen LogP contribution in [0.2, 0.25) is 0 Å². The highest BCUT2D eigenvalue weighted by Crippen LogP contribution is 2.55. The van der Waals surface area contributed by atoms with Crippen molar-refractivity contribution in [3.63, 3.8) is 0 Å². The minimum atomic E-state index is -0.346. The van der Waals surface area contributed by atoms with E-state index in [2.05, 4.69) is 92.9 Å². The van der Waals surface area contributed by atoms with E-state index in [9.17, 15) is 4.79 Å². The van der Waals surface area contributed by atoms with Gasteiger partial charge < -0.3 is 29.6 Å². The maximum Gasteiger partial charge on any atom is 0.323 e. The molecule has 0 saturated carbocycles. The molecule has 5 aromatic carbocycles. The summed E-state index contributed by atoms with van der Waals surface area (Å²) in [5.74, 6) is 3.14.